The van der Waals surface area contributed by atoms with E-state index in [1.165, 1.54) is 0 Å². The van der Waals surface area contributed by atoms with Crippen LogP contribution in [0.2, 0.25) is 5.02 Å². The van der Waals surface area contributed by atoms with Crippen molar-refractivity contribution < 1.29 is 13.2 Å². The first-order chi connectivity index (χ1) is 11.7. The minimum Gasteiger partial charge on any atom is -0.378 e. The molecule has 1 amide bonds. The molecule has 0 radical (unpaired) electrons. The lowest BCUT2D eigenvalue weighted by molar-refractivity contribution is -0.114. The number of rotatable bonds is 6. The molecule has 0 aliphatic rings. The van der Waals surface area contributed by atoms with Gasteiger partial charge in [0, 0.05) is 25.5 Å². The third kappa shape index (κ3) is 5.11. The van der Waals surface area contributed by atoms with Gasteiger partial charge in [0.25, 0.3) is 0 Å². The van der Waals surface area contributed by atoms with Crippen molar-refractivity contribution in [1.82, 2.24) is 0 Å². The van der Waals surface area contributed by atoms with Crippen molar-refractivity contribution in [3.63, 3.8) is 0 Å². The van der Waals surface area contributed by atoms with Gasteiger partial charge in [0.2, 0.25) is 15.9 Å². The molecule has 2 aromatic rings. The summed E-state index contributed by atoms with van der Waals surface area (Å²) in [7, 11) is 0.171. The van der Waals surface area contributed by atoms with E-state index in [9.17, 15) is 13.2 Å². The standard InChI is InChI=1S/C17H20ClN3O3S/c1-20(2)14-10-8-13(9-11-14)19-17(22)12-21(25(3,23)24)16-7-5-4-6-15(16)18/h4-11H,12H2,1-3H3,(H,19,22). The fourth-order valence-electron chi connectivity index (χ4n) is 2.21. The summed E-state index contributed by atoms with van der Waals surface area (Å²) in [6.45, 7) is -0.363. The molecule has 2 aromatic carbocycles. The number of carbonyl (C=O) groups is 1. The molecule has 0 heterocycles. The zero-order chi connectivity index (χ0) is 18.6. The molecule has 0 fully saturated rings. The quantitative estimate of drug-likeness (QED) is 0.835. The van der Waals surface area contributed by atoms with Crippen LogP contribution in [0.1, 0.15) is 0 Å². The Hall–Kier alpha value is -2.25. The van der Waals surface area contributed by atoms with Gasteiger partial charge in [-0.25, -0.2) is 8.42 Å². The number of anilines is 3. The summed E-state index contributed by atoms with van der Waals surface area (Å²) in [6, 6.07) is 13.7. The maximum absolute atomic E-state index is 12.3. The third-order valence-corrected chi connectivity index (χ3v) is 4.92. The summed E-state index contributed by atoms with van der Waals surface area (Å²) in [6.07, 6.45) is 1.04. The Labute approximate surface area is 153 Å². The Kier molecular flexibility index (Phi) is 5.92. The van der Waals surface area contributed by atoms with Crippen LogP contribution in [0.25, 0.3) is 0 Å². The molecule has 8 heteroatoms. The van der Waals surface area contributed by atoms with E-state index in [2.05, 4.69) is 5.32 Å². The number of hydrogen-bond donors (Lipinski definition) is 1. The van der Waals surface area contributed by atoms with Crippen LogP contribution in [-0.4, -0.2) is 41.2 Å². The predicted octanol–water partition coefficient (Wildman–Crippen LogP) is 2.81. The van der Waals surface area contributed by atoms with Crippen molar-refractivity contribution in [2.45, 2.75) is 0 Å². The fourth-order valence-corrected chi connectivity index (χ4v) is 3.37. The highest BCUT2D eigenvalue weighted by molar-refractivity contribution is 7.92. The van der Waals surface area contributed by atoms with Gasteiger partial charge in [0.05, 0.1) is 17.0 Å². The van der Waals surface area contributed by atoms with Gasteiger partial charge in [0.1, 0.15) is 6.54 Å². The topological polar surface area (TPSA) is 69.7 Å². The lowest BCUT2D eigenvalue weighted by atomic mass is 10.2. The summed E-state index contributed by atoms with van der Waals surface area (Å²) in [5.41, 5.74) is 1.85. The largest absolute Gasteiger partial charge is 0.378 e. The molecular weight excluding hydrogens is 362 g/mol. The second-order valence-corrected chi connectivity index (χ2v) is 8.02. The van der Waals surface area contributed by atoms with Crippen LogP contribution in [0.4, 0.5) is 17.1 Å². The molecule has 1 N–H and O–H groups in total. The first kappa shape index (κ1) is 19.1. The van der Waals surface area contributed by atoms with Gasteiger partial charge in [-0.15, -0.1) is 0 Å². The average molecular weight is 382 g/mol. The molecule has 0 saturated carbocycles. The van der Waals surface area contributed by atoms with Crippen LogP contribution in [0, 0.1) is 0 Å². The smallest absolute Gasteiger partial charge is 0.245 e. The Balaban J connectivity index is 2.16. The minimum absolute atomic E-state index is 0.260. The maximum Gasteiger partial charge on any atom is 0.245 e. The summed E-state index contributed by atoms with van der Waals surface area (Å²) in [4.78, 5) is 14.2. The molecule has 134 valence electrons. The number of nitrogens with one attached hydrogen (secondary N) is 1. The molecule has 0 aromatic heterocycles. The van der Waals surface area contributed by atoms with Crippen LogP contribution in [0.15, 0.2) is 48.5 Å². The normalized spacial score (nSPS) is 11.0. The molecule has 2 rings (SSSR count). The number of halogens is 1. The van der Waals surface area contributed by atoms with Crippen molar-refractivity contribution in [2.24, 2.45) is 0 Å². The van der Waals surface area contributed by atoms with E-state index >= 15 is 0 Å². The number of sulfonamides is 1. The van der Waals surface area contributed by atoms with Crippen molar-refractivity contribution in [2.75, 3.05) is 41.4 Å². The first-order valence-corrected chi connectivity index (χ1v) is 9.70. The highest BCUT2D eigenvalue weighted by Crippen LogP contribution is 2.27. The van der Waals surface area contributed by atoms with Crippen LogP contribution in [-0.2, 0) is 14.8 Å². The lowest BCUT2D eigenvalue weighted by Crippen LogP contribution is -2.37. The summed E-state index contributed by atoms with van der Waals surface area (Å²) in [5, 5.41) is 2.95. The van der Waals surface area contributed by atoms with Crippen molar-refractivity contribution in [3.8, 4) is 0 Å². The van der Waals surface area contributed by atoms with Gasteiger partial charge in [-0.3, -0.25) is 9.10 Å². The lowest BCUT2D eigenvalue weighted by Gasteiger charge is -2.23. The highest BCUT2D eigenvalue weighted by atomic mass is 35.5. The Bertz CT molecular complexity index is 852. The van der Waals surface area contributed by atoms with Crippen LogP contribution >= 0.6 is 11.6 Å². The summed E-state index contributed by atoms with van der Waals surface area (Å²) < 4.78 is 25.1. The van der Waals surface area contributed by atoms with E-state index < -0.39 is 15.9 Å². The molecule has 0 unspecified atom stereocenters. The van der Waals surface area contributed by atoms with E-state index in [1.807, 2.05) is 31.1 Å². The molecular formula is C17H20ClN3O3S. The maximum atomic E-state index is 12.3. The van der Waals surface area contributed by atoms with E-state index in [-0.39, 0.29) is 17.3 Å². The first-order valence-electron chi connectivity index (χ1n) is 7.48. The number of amides is 1. The van der Waals surface area contributed by atoms with Gasteiger partial charge in [0.15, 0.2) is 0 Å². The van der Waals surface area contributed by atoms with Crippen LogP contribution in [0.5, 0.6) is 0 Å². The second-order valence-electron chi connectivity index (χ2n) is 5.71. The predicted molar refractivity (Wildman–Crippen MR) is 103 cm³/mol. The fraction of sp³-hybridized carbons (Fsp3) is 0.235. The van der Waals surface area contributed by atoms with Gasteiger partial charge in [-0.2, -0.15) is 0 Å². The average Bonchev–Trinajstić information content (AvgIpc) is 2.53. The van der Waals surface area contributed by atoms with E-state index in [0.29, 0.717) is 5.69 Å². The SMILES string of the molecule is CN(C)c1ccc(NC(=O)CN(c2ccccc2Cl)S(C)(=O)=O)cc1. The van der Waals surface area contributed by atoms with Crippen molar-refractivity contribution in [1.29, 1.82) is 0 Å². The molecule has 6 nitrogen and oxygen atoms in total. The van der Waals surface area contributed by atoms with Gasteiger partial charge in [-0.05, 0) is 36.4 Å². The zero-order valence-corrected chi connectivity index (χ0v) is 15.8. The number of benzene rings is 2. The molecule has 0 saturated heterocycles. The highest BCUT2D eigenvalue weighted by Gasteiger charge is 2.22. The van der Waals surface area contributed by atoms with Gasteiger partial charge in [-0.1, -0.05) is 23.7 Å². The minimum atomic E-state index is -3.66. The van der Waals surface area contributed by atoms with Crippen LogP contribution < -0.4 is 14.5 Å². The number of para-hydroxylation sites is 1. The number of carbonyl (C=O) groups excluding carboxylic acids is 1. The molecule has 0 spiro atoms. The molecule has 0 aliphatic carbocycles. The van der Waals surface area contributed by atoms with E-state index in [4.69, 9.17) is 11.6 Å². The zero-order valence-electron chi connectivity index (χ0n) is 14.2. The Morgan fingerprint density at radius 1 is 1.08 bits per heavy atom. The van der Waals surface area contributed by atoms with Crippen LogP contribution in [0.3, 0.4) is 0 Å². The second kappa shape index (κ2) is 7.76. The molecule has 0 aliphatic heterocycles. The molecule has 0 bridgehead atoms. The number of hydrogen-bond acceptors (Lipinski definition) is 4. The van der Waals surface area contributed by atoms with E-state index in [0.717, 1.165) is 16.2 Å². The molecule has 25 heavy (non-hydrogen) atoms. The van der Waals surface area contributed by atoms with Gasteiger partial charge >= 0.3 is 0 Å². The third-order valence-electron chi connectivity index (χ3n) is 3.48. The van der Waals surface area contributed by atoms with Crippen molar-refractivity contribution in [3.05, 3.63) is 53.6 Å². The Morgan fingerprint density at radius 2 is 1.68 bits per heavy atom. The molecule has 0 atom stereocenters. The summed E-state index contributed by atoms with van der Waals surface area (Å²) in [5.74, 6) is -0.456. The van der Waals surface area contributed by atoms with Gasteiger partial charge < -0.3 is 10.2 Å². The Morgan fingerprint density at radius 3 is 2.20 bits per heavy atom. The summed E-state index contributed by atoms with van der Waals surface area (Å²) >= 11 is 6.07. The number of nitrogens with zero attached hydrogens (tertiary/aromatic N) is 2. The monoisotopic (exact) mass is 381 g/mol. The van der Waals surface area contributed by atoms with Crippen molar-refractivity contribution >= 4 is 44.6 Å². The van der Waals surface area contributed by atoms with E-state index in [1.54, 1.807) is 36.4 Å².